The molecule has 2 rings (SSSR count). The van der Waals surface area contributed by atoms with E-state index in [1.807, 2.05) is 13.0 Å². The third-order valence-corrected chi connectivity index (χ3v) is 4.02. The molecule has 2 aromatic rings. The van der Waals surface area contributed by atoms with E-state index in [1.165, 1.54) is 24.3 Å². The number of rotatable bonds is 4. The van der Waals surface area contributed by atoms with Crippen LogP contribution in [0.25, 0.3) is 0 Å². The lowest BCUT2D eigenvalue weighted by atomic mass is 9.83. The summed E-state index contributed by atoms with van der Waals surface area (Å²) in [5.41, 5.74) is 7.69. The van der Waals surface area contributed by atoms with E-state index < -0.39 is 0 Å². The number of halogens is 4. The smallest absolute Gasteiger partial charge is 0.124 e. The molecule has 0 fully saturated rings. The Morgan fingerprint density at radius 2 is 1.62 bits per heavy atom. The van der Waals surface area contributed by atoms with Gasteiger partial charge >= 0.3 is 0 Å². The topological polar surface area (TPSA) is 26.0 Å². The van der Waals surface area contributed by atoms with Crippen molar-refractivity contribution in [1.82, 2.24) is 0 Å². The van der Waals surface area contributed by atoms with Crippen LogP contribution in [0.5, 0.6) is 0 Å². The largest absolute Gasteiger partial charge is 0.330 e. The second kappa shape index (κ2) is 7.87. The van der Waals surface area contributed by atoms with E-state index >= 15 is 0 Å². The minimum Gasteiger partial charge on any atom is -0.330 e. The van der Waals surface area contributed by atoms with Crippen LogP contribution in [-0.4, -0.2) is 6.54 Å². The summed E-state index contributed by atoms with van der Waals surface area (Å²) in [6.45, 7) is 2.41. The van der Waals surface area contributed by atoms with E-state index in [2.05, 4.69) is 15.9 Å². The quantitative estimate of drug-likeness (QED) is 0.799. The molecule has 0 heterocycles. The average molecular weight is 377 g/mol. The lowest BCUT2D eigenvalue weighted by Gasteiger charge is -2.24. The number of nitrogens with two attached hydrogens (primary N) is 1. The SMILES string of the molecule is CC(c1ccc(F)cc1)C(CN)c1cc(F)cc(Br)c1.Cl. The van der Waals surface area contributed by atoms with Gasteiger partial charge in [0.15, 0.2) is 0 Å². The van der Waals surface area contributed by atoms with E-state index in [0.717, 1.165) is 11.1 Å². The molecule has 0 aliphatic rings. The maximum atomic E-state index is 13.5. The van der Waals surface area contributed by atoms with Crippen molar-refractivity contribution in [1.29, 1.82) is 0 Å². The van der Waals surface area contributed by atoms with Crippen LogP contribution >= 0.6 is 28.3 Å². The zero-order valence-electron chi connectivity index (χ0n) is 11.5. The minimum absolute atomic E-state index is 0. The molecule has 2 N–H and O–H groups in total. The molecule has 0 aliphatic carbocycles. The predicted molar refractivity (Wildman–Crippen MR) is 88.0 cm³/mol. The van der Waals surface area contributed by atoms with E-state index in [0.29, 0.717) is 11.0 Å². The Balaban J connectivity index is 0.00000220. The summed E-state index contributed by atoms with van der Waals surface area (Å²) in [5, 5.41) is 0. The Hall–Kier alpha value is -0.970. The molecule has 0 spiro atoms. The summed E-state index contributed by atoms with van der Waals surface area (Å²) in [5.74, 6) is -0.500. The van der Waals surface area contributed by atoms with Crippen molar-refractivity contribution < 1.29 is 8.78 Å². The Bertz CT molecular complexity index is 569. The molecule has 5 heteroatoms. The van der Waals surface area contributed by atoms with Gasteiger partial charge in [0, 0.05) is 10.4 Å². The first-order valence-electron chi connectivity index (χ1n) is 6.42. The lowest BCUT2D eigenvalue weighted by Crippen LogP contribution is -2.18. The molecule has 2 aromatic carbocycles. The molecular weight excluding hydrogens is 360 g/mol. The van der Waals surface area contributed by atoms with E-state index in [1.54, 1.807) is 12.1 Å². The highest BCUT2D eigenvalue weighted by Crippen LogP contribution is 2.33. The van der Waals surface area contributed by atoms with Gasteiger partial charge in [0.25, 0.3) is 0 Å². The van der Waals surface area contributed by atoms with Crippen LogP contribution in [0.4, 0.5) is 8.78 Å². The Kier molecular flexibility index (Phi) is 6.78. The van der Waals surface area contributed by atoms with Crippen molar-refractivity contribution in [2.45, 2.75) is 18.8 Å². The monoisotopic (exact) mass is 375 g/mol. The van der Waals surface area contributed by atoms with Crippen molar-refractivity contribution in [2.24, 2.45) is 5.73 Å². The number of hydrogen-bond donors (Lipinski definition) is 1. The van der Waals surface area contributed by atoms with E-state index in [9.17, 15) is 8.78 Å². The van der Waals surface area contributed by atoms with Crippen LogP contribution in [0.15, 0.2) is 46.9 Å². The van der Waals surface area contributed by atoms with Gasteiger partial charge in [0.05, 0.1) is 0 Å². The Morgan fingerprint density at radius 1 is 1.00 bits per heavy atom. The second-order valence-corrected chi connectivity index (χ2v) is 5.80. The normalized spacial score (nSPS) is 13.4. The van der Waals surface area contributed by atoms with Gasteiger partial charge in [-0.15, -0.1) is 12.4 Å². The van der Waals surface area contributed by atoms with Gasteiger partial charge in [-0.2, -0.15) is 0 Å². The number of benzene rings is 2. The first kappa shape index (κ1) is 18.1. The number of hydrogen-bond acceptors (Lipinski definition) is 1. The summed E-state index contributed by atoms with van der Waals surface area (Å²) in [4.78, 5) is 0. The van der Waals surface area contributed by atoms with Crippen LogP contribution < -0.4 is 5.73 Å². The Morgan fingerprint density at radius 3 is 2.14 bits per heavy atom. The second-order valence-electron chi connectivity index (χ2n) is 4.89. The molecule has 0 aliphatic heterocycles. The van der Waals surface area contributed by atoms with Crippen molar-refractivity contribution >= 4 is 28.3 Å². The third kappa shape index (κ3) is 4.50. The summed E-state index contributed by atoms with van der Waals surface area (Å²) >= 11 is 3.29. The van der Waals surface area contributed by atoms with Gasteiger partial charge < -0.3 is 5.73 Å². The molecule has 114 valence electrons. The summed E-state index contributed by atoms with van der Waals surface area (Å²) in [6.07, 6.45) is 0. The highest BCUT2D eigenvalue weighted by atomic mass is 79.9. The van der Waals surface area contributed by atoms with Crippen molar-refractivity contribution in [3.63, 3.8) is 0 Å². The molecule has 21 heavy (non-hydrogen) atoms. The van der Waals surface area contributed by atoms with Crippen molar-refractivity contribution in [3.05, 3.63) is 69.7 Å². The van der Waals surface area contributed by atoms with Crippen molar-refractivity contribution in [3.8, 4) is 0 Å². The molecule has 2 atom stereocenters. The zero-order chi connectivity index (χ0) is 14.7. The molecular formula is C16H17BrClF2N. The minimum atomic E-state index is -0.292. The molecule has 0 saturated carbocycles. The standard InChI is InChI=1S/C16H16BrF2N.ClH/c1-10(11-2-4-14(18)5-3-11)16(9-20)12-6-13(17)8-15(19)7-12;/h2-8,10,16H,9,20H2,1H3;1H. The molecule has 0 saturated heterocycles. The van der Waals surface area contributed by atoms with Gasteiger partial charge in [0.1, 0.15) is 11.6 Å². The van der Waals surface area contributed by atoms with Crippen LogP contribution in [-0.2, 0) is 0 Å². The van der Waals surface area contributed by atoms with Crippen LogP contribution in [0.2, 0.25) is 0 Å². The highest BCUT2D eigenvalue weighted by molar-refractivity contribution is 9.10. The fourth-order valence-electron chi connectivity index (χ4n) is 2.42. The summed E-state index contributed by atoms with van der Waals surface area (Å²) < 4.78 is 27.2. The van der Waals surface area contributed by atoms with Gasteiger partial charge in [-0.1, -0.05) is 35.0 Å². The zero-order valence-corrected chi connectivity index (χ0v) is 13.9. The van der Waals surface area contributed by atoms with E-state index in [4.69, 9.17) is 5.73 Å². The highest BCUT2D eigenvalue weighted by Gasteiger charge is 2.20. The average Bonchev–Trinajstić information content (AvgIpc) is 2.39. The summed E-state index contributed by atoms with van der Waals surface area (Å²) in [7, 11) is 0. The van der Waals surface area contributed by atoms with Crippen LogP contribution in [0.3, 0.4) is 0 Å². The molecule has 0 aromatic heterocycles. The predicted octanol–water partition coefficient (Wildman–Crippen LogP) is 5.00. The van der Waals surface area contributed by atoms with Gasteiger partial charge in [-0.05, 0) is 53.9 Å². The van der Waals surface area contributed by atoms with Crippen LogP contribution in [0.1, 0.15) is 29.9 Å². The molecule has 0 amide bonds. The first-order valence-corrected chi connectivity index (χ1v) is 7.22. The maximum Gasteiger partial charge on any atom is 0.124 e. The molecule has 0 bridgehead atoms. The van der Waals surface area contributed by atoms with Crippen LogP contribution in [0, 0.1) is 11.6 Å². The fourth-order valence-corrected chi connectivity index (χ4v) is 2.90. The van der Waals surface area contributed by atoms with E-state index in [-0.39, 0.29) is 35.9 Å². The van der Waals surface area contributed by atoms with Gasteiger partial charge in [-0.25, -0.2) is 8.78 Å². The molecule has 0 radical (unpaired) electrons. The molecule has 1 nitrogen and oxygen atoms in total. The lowest BCUT2D eigenvalue weighted by molar-refractivity contribution is 0.569. The van der Waals surface area contributed by atoms with Crippen molar-refractivity contribution in [2.75, 3.05) is 6.54 Å². The fraction of sp³-hybridized carbons (Fsp3) is 0.250. The van der Waals surface area contributed by atoms with Gasteiger partial charge in [0.2, 0.25) is 0 Å². The first-order chi connectivity index (χ1) is 9.51. The summed E-state index contributed by atoms with van der Waals surface area (Å²) in [6, 6.07) is 11.2. The van der Waals surface area contributed by atoms with Gasteiger partial charge in [-0.3, -0.25) is 0 Å². The third-order valence-electron chi connectivity index (χ3n) is 3.57. The Labute approximate surface area is 138 Å². The molecule has 2 unspecified atom stereocenters. The maximum absolute atomic E-state index is 13.5.